The van der Waals surface area contributed by atoms with Crippen molar-refractivity contribution in [3.05, 3.63) is 5.89 Å². The van der Waals surface area contributed by atoms with Gasteiger partial charge in [0, 0.05) is 12.7 Å². The molecule has 0 spiro atoms. The molecule has 1 fully saturated rings. The fourth-order valence-corrected chi connectivity index (χ4v) is 1.63. The maximum absolute atomic E-state index is 5.21. The molecule has 4 nitrogen and oxygen atoms in total. The van der Waals surface area contributed by atoms with Crippen molar-refractivity contribution in [2.45, 2.75) is 24.7 Å². The van der Waals surface area contributed by atoms with E-state index in [1.54, 1.807) is 18.7 Å². The molecule has 1 aliphatic heterocycles. The van der Waals surface area contributed by atoms with E-state index in [4.69, 9.17) is 9.15 Å². The molecule has 1 unspecified atom stereocenters. The molecule has 1 aromatic rings. The Balaban J connectivity index is 1.87. The minimum Gasteiger partial charge on any atom is -0.416 e. The van der Waals surface area contributed by atoms with Crippen molar-refractivity contribution < 1.29 is 9.15 Å². The van der Waals surface area contributed by atoms with Gasteiger partial charge in [0.2, 0.25) is 5.89 Å². The van der Waals surface area contributed by atoms with Crippen LogP contribution in [0, 0.1) is 6.92 Å². The Bertz CT molecular complexity index is 283. The minimum atomic E-state index is 0.0487. The number of ether oxygens (including phenoxy) is 1. The van der Waals surface area contributed by atoms with Gasteiger partial charge in [-0.1, -0.05) is 11.8 Å². The van der Waals surface area contributed by atoms with Gasteiger partial charge in [-0.05, 0) is 6.92 Å². The topological polar surface area (TPSA) is 51.5 Å². The molecule has 0 aromatic carbocycles. The van der Waals surface area contributed by atoms with Crippen molar-refractivity contribution in [3.8, 4) is 0 Å². The summed E-state index contributed by atoms with van der Waals surface area (Å²) in [5, 5.41) is 8.23. The average Bonchev–Trinajstić information content (AvgIpc) is 2.60. The van der Waals surface area contributed by atoms with Crippen molar-refractivity contribution in [1.82, 2.24) is 10.2 Å². The first kappa shape index (κ1) is 8.07. The summed E-state index contributed by atoms with van der Waals surface area (Å²) in [4.78, 5) is 0. The highest BCUT2D eigenvalue weighted by atomic mass is 32.2. The average molecular weight is 186 g/mol. The number of nitrogens with zero attached hydrogens (tertiary/aromatic N) is 2. The highest BCUT2D eigenvalue weighted by Gasteiger charge is 2.39. The number of aryl methyl sites for hydroxylation is 1. The zero-order valence-electron chi connectivity index (χ0n) is 7.03. The molecule has 2 heterocycles. The van der Waals surface area contributed by atoms with Gasteiger partial charge in [0.05, 0.1) is 12.2 Å². The summed E-state index contributed by atoms with van der Waals surface area (Å²) in [7, 11) is 0. The Hall–Kier alpha value is -0.550. The van der Waals surface area contributed by atoms with E-state index in [1.807, 2.05) is 0 Å². The summed E-state index contributed by atoms with van der Waals surface area (Å²) in [5.41, 5.74) is 0.0487. The number of aromatic nitrogens is 2. The summed E-state index contributed by atoms with van der Waals surface area (Å²) in [6, 6.07) is 0. The Labute approximate surface area is 74.7 Å². The van der Waals surface area contributed by atoms with Crippen molar-refractivity contribution in [2.24, 2.45) is 0 Å². The van der Waals surface area contributed by atoms with E-state index in [0.29, 0.717) is 11.1 Å². The van der Waals surface area contributed by atoms with E-state index < -0.39 is 0 Å². The highest BCUT2D eigenvalue weighted by Crippen LogP contribution is 2.32. The number of thioether (sulfide) groups is 1. The molecule has 1 saturated heterocycles. The molecule has 1 atom stereocenters. The van der Waals surface area contributed by atoms with Crippen LogP contribution < -0.4 is 0 Å². The first-order chi connectivity index (χ1) is 5.68. The lowest BCUT2D eigenvalue weighted by Crippen LogP contribution is -2.07. The molecule has 0 radical (unpaired) electrons. The van der Waals surface area contributed by atoms with Crippen LogP contribution >= 0.6 is 11.8 Å². The lowest BCUT2D eigenvalue weighted by molar-refractivity contribution is 0.347. The predicted molar refractivity (Wildman–Crippen MR) is 44.1 cm³/mol. The first-order valence-electron chi connectivity index (χ1n) is 3.75. The van der Waals surface area contributed by atoms with Gasteiger partial charge in [0.25, 0.3) is 5.22 Å². The van der Waals surface area contributed by atoms with Gasteiger partial charge in [0.1, 0.15) is 0 Å². The lowest BCUT2D eigenvalue weighted by atomic mass is 10.3. The SMILES string of the molecule is Cc1nnc(SCC2(C)CO2)o1. The predicted octanol–water partition coefficient (Wildman–Crippen LogP) is 1.26. The van der Waals surface area contributed by atoms with E-state index in [9.17, 15) is 0 Å². The van der Waals surface area contributed by atoms with E-state index in [1.165, 1.54) is 0 Å². The third-order valence-corrected chi connectivity index (χ3v) is 2.81. The van der Waals surface area contributed by atoms with Crippen LogP contribution in [0.1, 0.15) is 12.8 Å². The molecule has 2 rings (SSSR count). The number of hydrogen-bond acceptors (Lipinski definition) is 5. The van der Waals surface area contributed by atoms with Gasteiger partial charge in [-0.25, -0.2) is 0 Å². The molecular formula is C7H10N2O2S. The lowest BCUT2D eigenvalue weighted by Gasteiger charge is -1.99. The number of rotatable bonds is 3. The van der Waals surface area contributed by atoms with Crippen molar-refractivity contribution >= 4 is 11.8 Å². The smallest absolute Gasteiger partial charge is 0.276 e. The third kappa shape index (κ3) is 1.78. The molecule has 0 amide bonds. The van der Waals surface area contributed by atoms with Gasteiger partial charge >= 0.3 is 0 Å². The van der Waals surface area contributed by atoms with Gasteiger partial charge in [-0.2, -0.15) is 0 Å². The Morgan fingerprint density at radius 2 is 2.33 bits per heavy atom. The maximum atomic E-state index is 5.21. The van der Waals surface area contributed by atoms with Crippen LogP contribution in [-0.4, -0.2) is 28.2 Å². The first-order valence-corrected chi connectivity index (χ1v) is 4.73. The normalized spacial score (nSPS) is 27.5. The fourth-order valence-electron chi connectivity index (χ4n) is 0.758. The summed E-state index contributed by atoms with van der Waals surface area (Å²) in [5.74, 6) is 1.49. The molecule has 5 heteroatoms. The Kier molecular flexibility index (Phi) is 1.84. The zero-order chi connectivity index (χ0) is 8.60. The summed E-state index contributed by atoms with van der Waals surface area (Å²) < 4.78 is 10.4. The van der Waals surface area contributed by atoms with Crippen LogP contribution in [0.15, 0.2) is 9.64 Å². The largest absolute Gasteiger partial charge is 0.416 e. The monoisotopic (exact) mass is 186 g/mol. The molecule has 0 aliphatic carbocycles. The quantitative estimate of drug-likeness (QED) is 0.525. The Morgan fingerprint density at radius 3 is 2.83 bits per heavy atom. The molecule has 0 bridgehead atoms. The molecule has 66 valence electrons. The molecule has 0 N–H and O–H groups in total. The van der Waals surface area contributed by atoms with Crippen molar-refractivity contribution in [2.75, 3.05) is 12.4 Å². The van der Waals surface area contributed by atoms with Crippen LogP contribution in [0.4, 0.5) is 0 Å². The van der Waals surface area contributed by atoms with Crippen molar-refractivity contribution in [3.63, 3.8) is 0 Å². The van der Waals surface area contributed by atoms with Gasteiger partial charge in [-0.15, -0.1) is 10.2 Å². The second-order valence-corrected chi connectivity index (χ2v) is 4.04. The van der Waals surface area contributed by atoms with Crippen LogP contribution in [0.2, 0.25) is 0 Å². The number of epoxide rings is 1. The Morgan fingerprint density at radius 1 is 1.58 bits per heavy atom. The summed E-state index contributed by atoms with van der Waals surface area (Å²) >= 11 is 1.55. The van der Waals surface area contributed by atoms with Crippen LogP contribution in [0.5, 0.6) is 0 Å². The van der Waals surface area contributed by atoms with Gasteiger partial charge < -0.3 is 9.15 Å². The van der Waals surface area contributed by atoms with Gasteiger partial charge in [0.15, 0.2) is 0 Å². The third-order valence-electron chi connectivity index (χ3n) is 1.65. The van der Waals surface area contributed by atoms with E-state index >= 15 is 0 Å². The molecule has 1 aliphatic rings. The second kappa shape index (κ2) is 2.74. The zero-order valence-corrected chi connectivity index (χ0v) is 7.85. The molecule has 12 heavy (non-hydrogen) atoms. The van der Waals surface area contributed by atoms with Gasteiger partial charge in [-0.3, -0.25) is 0 Å². The fraction of sp³-hybridized carbons (Fsp3) is 0.714. The second-order valence-electron chi connectivity index (χ2n) is 3.11. The van der Waals surface area contributed by atoms with E-state index in [0.717, 1.165) is 12.4 Å². The number of hydrogen-bond donors (Lipinski definition) is 0. The maximum Gasteiger partial charge on any atom is 0.276 e. The highest BCUT2D eigenvalue weighted by molar-refractivity contribution is 7.99. The molecule has 0 saturated carbocycles. The molecular weight excluding hydrogens is 176 g/mol. The van der Waals surface area contributed by atoms with Crippen molar-refractivity contribution in [1.29, 1.82) is 0 Å². The van der Waals surface area contributed by atoms with E-state index in [2.05, 4.69) is 17.1 Å². The van der Waals surface area contributed by atoms with Crippen LogP contribution in [0.3, 0.4) is 0 Å². The minimum absolute atomic E-state index is 0.0487. The summed E-state index contributed by atoms with van der Waals surface area (Å²) in [6.45, 7) is 4.70. The summed E-state index contributed by atoms with van der Waals surface area (Å²) in [6.07, 6.45) is 0. The molecule has 1 aromatic heterocycles. The van der Waals surface area contributed by atoms with Crippen LogP contribution in [-0.2, 0) is 4.74 Å². The standard InChI is InChI=1S/C7H10N2O2S/c1-5-8-9-6(11-5)12-4-7(2)3-10-7/h3-4H2,1-2H3. The van der Waals surface area contributed by atoms with Crippen LogP contribution in [0.25, 0.3) is 0 Å². The van der Waals surface area contributed by atoms with E-state index in [-0.39, 0.29) is 5.60 Å².